The lowest BCUT2D eigenvalue weighted by Crippen LogP contribution is -2.19. The zero-order chi connectivity index (χ0) is 14.8. The smallest absolute Gasteiger partial charge is 0.119 e. The molecule has 0 amide bonds. The second kappa shape index (κ2) is 10.2. The van der Waals surface area contributed by atoms with Gasteiger partial charge in [0.05, 0.1) is 6.61 Å². The monoisotopic (exact) mass is 343 g/mol. The average Bonchev–Trinajstić information content (AvgIpc) is 2.41. The normalized spacial score (nSPS) is 11.1. The summed E-state index contributed by atoms with van der Waals surface area (Å²) in [6, 6.07) is 6.10. The third kappa shape index (κ3) is 7.27. The van der Waals surface area contributed by atoms with E-state index in [-0.39, 0.29) is 0 Å². The van der Waals surface area contributed by atoms with Crippen molar-refractivity contribution in [3.05, 3.63) is 28.2 Å². The van der Waals surface area contributed by atoms with Crippen LogP contribution in [0.3, 0.4) is 0 Å². The van der Waals surface area contributed by atoms with Crippen LogP contribution >= 0.6 is 15.9 Å². The van der Waals surface area contributed by atoms with Gasteiger partial charge in [0, 0.05) is 17.6 Å². The first-order valence-electron chi connectivity index (χ1n) is 7.33. The van der Waals surface area contributed by atoms with Crippen LogP contribution < -0.4 is 10.1 Å². The number of nitrogens with one attached hydrogen (secondary N) is 1. The largest absolute Gasteiger partial charge is 0.491 e. The second-order valence-corrected chi connectivity index (χ2v) is 6.09. The Morgan fingerprint density at radius 2 is 2.00 bits per heavy atom. The van der Waals surface area contributed by atoms with Crippen LogP contribution in [0.5, 0.6) is 5.75 Å². The Kier molecular flexibility index (Phi) is 8.90. The van der Waals surface area contributed by atoms with E-state index in [1.807, 2.05) is 12.1 Å². The molecule has 0 aromatic heterocycles. The van der Waals surface area contributed by atoms with Gasteiger partial charge in [-0.25, -0.2) is 0 Å². The van der Waals surface area contributed by atoms with Gasteiger partial charge in [-0.3, -0.25) is 0 Å². The number of halogens is 1. The summed E-state index contributed by atoms with van der Waals surface area (Å²) in [5, 5.41) is 3.44. The molecule has 4 heteroatoms. The number of ether oxygens (including phenoxy) is 2. The predicted octanol–water partition coefficient (Wildman–Crippen LogP) is 4.00. The number of rotatable bonds is 10. The Labute approximate surface area is 131 Å². The van der Waals surface area contributed by atoms with E-state index in [0.717, 1.165) is 36.3 Å². The zero-order valence-electron chi connectivity index (χ0n) is 12.7. The molecule has 0 bridgehead atoms. The molecule has 1 aromatic rings. The van der Waals surface area contributed by atoms with Crippen molar-refractivity contribution in [3.8, 4) is 5.75 Å². The molecule has 0 saturated heterocycles. The van der Waals surface area contributed by atoms with Crippen LogP contribution in [0.25, 0.3) is 0 Å². The molecule has 1 aromatic carbocycles. The summed E-state index contributed by atoms with van der Waals surface area (Å²) >= 11 is 3.58. The first-order chi connectivity index (χ1) is 9.63. The van der Waals surface area contributed by atoms with Crippen molar-refractivity contribution < 1.29 is 9.47 Å². The SMILES string of the molecule is CCCOCCOc1ccc(Br)c(CNCC(C)C)c1. The van der Waals surface area contributed by atoms with Crippen molar-refractivity contribution in [1.82, 2.24) is 5.32 Å². The van der Waals surface area contributed by atoms with E-state index in [1.165, 1.54) is 5.56 Å². The Hall–Kier alpha value is -0.580. The van der Waals surface area contributed by atoms with Crippen molar-refractivity contribution in [3.63, 3.8) is 0 Å². The van der Waals surface area contributed by atoms with E-state index in [4.69, 9.17) is 9.47 Å². The van der Waals surface area contributed by atoms with E-state index in [2.05, 4.69) is 48.1 Å². The van der Waals surface area contributed by atoms with Crippen LogP contribution in [-0.2, 0) is 11.3 Å². The summed E-state index contributed by atoms with van der Waals surface area (Å²) in [4.78, 5) is 0. The molecule has 0 aliphatic heterocycles. The minimum Gasteiger partial charge on any atom is -0.491 e. The maximum absolute atomic E-state index is 5.70. The van der Waals surface area contributed by atoms with Gasteiger partial charge in [0.2, 0.25) is 0 Å². The lowest BCUT2D eigenvalue weighted by Gasteiger charge is -2.12. The fourth-order valence-corrected chi connectivity index (χ4v) is 2.12. The second-order valence-electron chi connectivity index (χ2n) is 5.24. The molecule has 20 heavy (non-hydrogen) atoms. The minimum absolute atomic E-state index is 0.598. The molecule has 1 N–H and O–H groups in total. The van der Waals surface area contributed by atoms with Gasteiger partial charge in [-0.05, 0) is 42.6 Å². The van der Waals surface area contributed by atoms with Gasteiger partial charge in [-0.2, -0.15) is 0 Å². The van der Waals surface area contributed by atoms with E-state index >= 15 is 0 Å². The van der Waals surface area contributed by atoms with Gasteiger partial charge < -0.3 is 14.8 Å². The topological polar surface area (TPSA) is 30.5 Å². The summed E-state index contributed by atoms with van der Waals surface area (Å²) in [7, 11) is 0. The molecule has 0 heterocycles. The fraction of sp³-hybridized carbons (Fsp3) is 0.625. The molecule has 0 fully saturated rings. The van der Waals surface area contributed by atoms with Crippen LogP contribution in [0.15, 0.2) is 22.7 Å². The predicted molar refractivity (Wildman–Crippen MR) is 87.3 cm³/mol. The van der Waals surface area contributed by atoms with Crippen LogP contribution in [0.2, 0.25) is 0 Å². The van der Waals surface area contributed by atoms with E-state index in [0.29, 0.717) is 19.1 Å². The maximum Gasteiger partial charge on any atom is 0.119 e. The molecule has 0 aliphatic rings. The van der Waals surface area contributed by atoms with E-state index in [9.17, 15) is 0 Å². The van der Waals surface area contributed by atoms with Crippen LogP contribution in [-0.4, -0.2) is 26.4 Å². The lowest BCUT2D eigenvalue weighted by molar-refractivity contribution is 0.101. The van der Waals surface area contributed by atoms with Crippen molar-refractivity contribution in [2.75, 3.05) is 26.4 Å². The summed E-state index contributed by atoms with van der Waals surface area (Å²) in [6.45, 7) is 10.4. The summed E-state index contributed by atoms with van der Waals surface area (Å²) in [6.07, 6.45) is 1.05. The minimum atomic E-state index is 0.598. The van der Waals surface area contributed by atoms with Crippen molar-refractivity contribution >= 4 is 15.9 Å². The van der Waals surface area contributed by atoms with Crippen molar-refractivity contribution in [2.24, 2.45) is 5.92 Å². The Bertz CT molecular complexity index is 383. The van der Waals surface area contributed by atoms with Gasteiger partial charge in [-0.15, -0.1) is 0 Å². The summed E-state index contributed by atoms with van der Waals surface area (Å²) < 4.78 is 12.2. The Morgan fingerprint density at radius 1 is 1.20 bits per heavy atom. The standard InChI is InChI=1S/C16H26BrNO2/c1-4-7-19-8-9-20-15-5-6-16(17)14(10-15)12-18-11-13(2)3/h5-6,10,13,18H,4,7-9,11-12H2,1-3H3. The highest BCUT2D eigenvalue weighted by atomic mass is 79.9. The average molecular weight is 344 g/mol. The fourth-order valence-electron chi connectivity index (χ4n) is 1.74. The highest BCUT2D eigenvalue weighted by Crippen LogP contribution is 2.22. The maximum atomic E-state index is 5.70. The van der Waals surface area contributed by atoms with Crippen LogP contribution in [0.1, 0.15) is 32.8 Å². The Morgan fingerprint density at radius 3 is 2.70 bits per heavy atom. The van der Waals surface area contributed by atoms with Gasteiger partial charge in [0.1, 0.15) is 12.4 Å². The molecule has 114 valence electrons. The third-order valence-corrected chi connectivity index (χ3v) is 3.50. The summed E-state index contributed by atoms with van der Waals surface area (Å²) in [5.74, 6) is 1.55. The number of benzene rings is 1. The molecular weight excluding hydrogens is 318 g/mol. The Balaban J connectivity index is 2.40. The van der Waals surface area contributed by atoms with Gasteiger partial charge in [-0.1, -0.05) is 36.7 Å². The van der Waals surface area contributed by atoms with E-state index in [1.54, 1.807) is 0 Å². The zero-order valence-corrected chi connectivity index (χ0v) is 14.3. The number of hydrogen-bond acceptors (Lipinski definition) is 3. The third-order valence-electron chi connectivity index (χ3n) is 2.73. The molecule has 0 radical (unpaired) electrons. The van der Waals surface area contributed by atoms with Gasteiger partial charge in [0.25, 0.3) is 0 Å². The van der Waals surface area contributed by atoms with Crippen molar-refractivity contribution in [2.45, 2.75) is 33.7 Å². The van der Waals surface area contributed by atoms with Crippen molar-refractivity contribution in [1.29, 1.82) is 0 Å². The molecule has 0 aliphatic carbocycles. The molecule has 0 atom stereocenters. The molecule has 0 unspecified atom stereocenters. The molecule has 0 spiro atoms. The van der Waals surface area contributed by atoms with Crippen LogP contribution in [0, 0.1) is 5.92 Å². The molecule has 3 nitrogen and oxygen atoms in total. The van der Waals surface area contributed by atoms with Gasteiger partial charge in [0.15, 0.2) is 0 Å². The van der Waals surface area contributed by atoms with Gasteiger partial charge >= 0.3 is 0 Å². The lowest BCUT2D eigenvalue weighted by atomic mass is 10.2. The molecule has 0 saturated carbocycles. The van der Waals surface area contributed by atoms with Crippen LogP contribution in [0.4, 0.5) is 0 Å². The van der Waals surface area contributed by atoms with E-state index < -0.39 is 0 Å². The number of hydrogen-bond donors (Lipinski definition) is 1. The highest BCUT2D eigenvalue weighted by molar-refractivity contribution is 9.10. The summed E-state index contributed by atoms with van der Waals surface area (Å²) in [5.41, 5.74) is 1.22. The molecular formula is C16H26BrNO2. The first kappa shape index (κ1) is 17.5. The quantitative estimate of drug-likeness (QED) is 0.651. The highest BCUT2D eigenvalue weighted by Gasteiger charge is 2.03. The first-order valence-corrected chi connectivity index (χ1v) is 8.12. The molecule has 1 rings (SSSR count).